The summed E-state index contributed by atoms with van der Waals surface area (Å²) in [7, 11) is 0. The Balaban J connectivity index is 1.79. The summed E-state index contributed by atoms with van der Waals surface area (Å²) in [6.45, 7) is 8.41. The quantitative estimate of drug-likeness (QED) is 0.729. The van der Waals surface area contributed by atoms with E-state index in [9.17, 15) is 9.59 Å². The lowest BCUT2D eigenvalue weighted by Crippen LogP contribution is -2.50. The Bertz CT molecular complexity index is 879. The molecule has 2 amide bonds. The molecule has 1 fully saturated rings. The first-order chi connectivity index (χ1) is 14.3. The Morgan fingerprint density at radius 3 is 2.23 bits per heavy atom. The van der Waals surface area contributed by atoms with Crippen LogP contribution in [0.3, 0.4) is 0 Å². The molecule has 2 aromatic carbocycles. The number of nitrogens with one attached hydrogen (secondary N) is 1. The number of amides is 2. The molecule has 4 heteroatoms. The fourth-order valence-corrected chi connectivity index (χ4v) is 4.43. The van der Waals surface area contributed by atoms with Crippen LogP contribution in [0.1, 0.15) is 60.4 Å². The highest BCUT2D eigenvalue weighted by Crippen LogP contribution is 2.19. The topological polar surface area (TPSA) is 49.4 Å². The number of carbonyl (C=O) groups is 2. The summed E-state index contributed by atoms with van der Waals surface area (Å²) in [5.74, 6) is -0.0705. The van der Waals surface area contributed by atoms with Gasteiger partial charge < -0.3 is 10.2 Å². The third-order valence-electron chi connectivity index (χ3n) is 5.94. The molecule has 1 saturated carbocycles. The van der Waals surface area contributed by atoms with E-state index in [1.54, 1.807) is 4.90 Å². The van der Waals surface area contributed by atoms with Gasteiger partial charge in [0.2, 0.25) is 11.8 Å². The molecule has 0 aromatic heterocycles. The van der Waals surface area contributed by atoms with Crippen LogP contribution in [-0.2, 0) is 22.6 Å². The zero-order chi connectivity index (χ0) is 21.7. The van der Waals surface area contributed by atoms with Crippen molar-refractivity contribution >= 4 is 11.8 Å². The first-order valence-electron chi connectivity index (χ1n) is 11.0. The van der Waals surface area contributed by atoms with Gasteiger partial charge in [0.25, 0.3) is 0 Å². The number of rotatable bonds is 7. The molecule has 0 spiro atoms. The van der Waals surface area contributed by atoms with E-state index in [0.717, 1.165) is 53.5 Å². The Labute approximate surface area is 180 Å². The number of nitrogens with zero attached hydrogens (tertiary/aromatic N) is 1. The Kier molecular flexibility index (Phi) is 7.30. The molecule has 4 nitrogen and oxygen atoms in total. The predicted molar refractivity (Wildman–Crippen MR) is 121 cm³/mol. The lowest BCUT2D eigenvalue weighted by molar-refractivity contribution is -0.140. The van der Waals surface area contributed by atoms with Crippen LogP contribution in [0.4, 0.5) is 0 Å². The molecule has 0 aliphatic heterocycles. The molecule has 1 atom stereocenters. The van der Waals surface area contributed by atoms with Crippen LogP contribution >= 0.6 is 0 Å². The second-order valence-corrected chi connectivity index (χ2v) is 8.85. The summed E-state index contributed by atoms with van der Waals surface area (Å²) in [6, 6.07) is 14.1. The molecule has 30 heavy (non-hydrogen) atoms. The molecule has 1 unspecified atom stereocenters. The molecule has 160 valence electrons. The lowest BCUT2D eigenvalue weighted by atomic mass is 10.0. The minimum Gasteiger partial charge on any atom is -0.352 e. The number of hydrogen-bond donors (Lipinski definition) is 1. The Hall–Kier alpha value is -2.62. The van der Waals surface area contributed by atoms with Gasteiger partial charge in [-0.25, -0.2) is 0 Å². The summed E-state index contributed by atoms with van der Waals surface area (Å²) in [5, 5.41) is 3.16. The highest BCUT2D eigenvalue weighted by molar-refractivity contribution is 5.88. The minimum atomic E-state index is -0.510. The first kappa shape index (κ1) is 22.1. The van der Waals surface area contributed by atoms with Gasteiger partial charge in [0.05, 0.1) is 6.42 Å². The van der Waals surface area contributed by atoms with Crippen molar-refractivity contribution in [2.45, 2.75) is 78.4 Å². The van der Waals surface area contributed by atoms with Crippen molar-refractivity contribution < 1.29 is 9.59 Å². The number of carbonyl (C=O) groups excluding carboxylic acids is 2. The maximum atomic E-state index is 13.4. The summed E-state index contributed by atoms with van der Waals surface area (Å²) < 4.78 is 0. The van der Waals surface area contributed by atoms with Crippen molar-refractivity contribution in [3.8, 4) is 0 Å². The van der Waals surface area contributed by atoms with Crippen LogP contribution in [-0.4, -0.2) is 28.8 Å². The van der Waals surface area contributed by atoms with E-state index < -0.39 is 6.04 Å². The highest BCUT2D eigenvalue weighted by Gasteiger charge is 2.28. The second-order valence-electron chi connectivity index (χ2n) is 8.85. The van der Waals surface area contributed by atoms with Crippen molar-refractivity contribution in [1.29, 1.82) is 0 Å². The van der Waals surface area contributed by atoms with E-state index in [-0.39, 0.29) is 17.9 Å². The third-order valence-corrected chi connectivity index (χ3v) is 5.94. The SMILES string of the molecule is Cc1cc(C)cc(CC(=O)N(Cc2cccc(C)c2)C(C)C(=O)NC2CCCC2)c1. The summed E-state index contributed by atoms with van der Waals surface area (Å²) in [6.07, 6.45) is 4.70. The van der Waals surface area contributed by atoms with E-state index in [2.05, 4.69) is 29.6 Å². The number of aryl methyl sites for hydroxylation is 3. The maximum Gasteiger partial charge on any atom is 0.242 e. The van der Waals surface area contributed by atoms with Crippen LogP contribution in [0.5, 0.6) is 0 Å². The van der Waals surface area contributed by atoms with Crippen LogP contribution in [0.15, 0.2) is 42.5 Å². The third kappa shape index (κ3) is 5.94. The van der Waals surface area contributed by atoms with E-state index in [1.807, 2.05) is 45.9 Å². The van der Waals surface area contributed by atoms with Gasteiger partial charge in [-0.15, -0.1) is 0 Å². The van der Waals surface area contributed by atoms with Crippen molar-refractivity contribution in [2.75, 3.05) is 0 Å². The normalized spacial score (nSPS) is 15.1. The average Bonchev–Trinajstić information content (AvgIpc) is 3.17. The predicted octanol–water partition coefficient (Wildman–Crippen LogP) is 4.63. The van der Waals surface area contributed by atoms with E-state index in [1.165, 1.54) is 0 Å². The molecular formula is C26H34N2O2. The molecule has 0 bridgehead atoms. The molecule has 1 aliphatic carbocycles. The molecule has 1 aliphatic rings. The second kappa shape index (κ2) is 9.92. The van der Waals surface area contributed by atoms with Gasteiger partial charge in [0.1, 0.15) is 6.04 Å². The first-order valence-corrected chi connectivity index (χ1v) is 11.0. The maximum absolute atomic E-state index is 13.4. The number of benzene rings is 2. The van der Waals surface area contributed by atoms with Crippen LogP contribution in [0.25, 0.3) is 0 Å². The monoisotopic (exact) mass is 406 g/mol. The minimum absolute atomic E-state index is 0.0180. The molecule has 1 N–H and O–H groups in total. The van der Waals surface area contributed by atoms with E-state index in [4.69, 9.17) is 0 Å². The molecule has 2 aromatic rings. The standard InChI is InChI=1S/C26H34N2O2/c1-18-8-7-9-22(13-18)17-28(21(4)26(30)27-24-10-5-6-11-24)25(29)16-23-14-19(2)12-20(3)15-23/h7-9,12-15,21,24H,5-6,10-11,16-17H2,1-4H3,(H,27,30). The summed E-state index contributed by atoms with van der Waals surface area (Å²) in [5.41, 5.74) is 5.49. The molecule has 3 rings (SSSR count). The lowest BCUT2D eigenvalue weighted by Gasteiger charge is -2.30. The molecular weight excluding hydrogens is 372 g/mol. The van der Waals surface area contributed by atoms with E-state index in [0.29, 0.717) is 13.0 Å². The fraction of sp³-hybridized carbons (Fsp3) is 0.462. The van der Waals surface area contributed by atoms with Gasteiger partial charge in [-0.1, -0.05) is 72.0 Å². The average molecular weight is 407 g/mol. The van der Waals surface area contributed by atoms with Gasteiger partial charge in [0.15, 0.2) is 0 Å². The van der Waals surface area contributed by atoms with Gasteiger partial charge in [-0.05, 0) is 51.7 Å². The van der Waals surface area contributed by atoms with Gasteiger partial charge >= 0.3 is 0 Å². The van der Waals surface area contributed by atoms with Gasteiger partial charge in [0, 0.05) is 12.6 Å². The molecule has 0 heterocycles. The van der Waals surface area contributed by atoms with Gasteiger partial charge in [-0.2, -0.15) is 0 Å². The van der Waals surface area contributed by atoms with Crippen molar-refractivity contribution in [1.82, 2.24) is 10.2 Å². The van der Waals surface area contributed by atoms with Crippen molar-refractivity contribution in [2.24, 2.45) is 0 Å². The number of hydrogen-bond acceptors (Lipinski definition) is 2. The Morgan fingerprint density at radius 2 is 1.60 bits per heavy atom. The summed E-state index contributed by atoms with van der Waals surface area (Å²) in [4.78, 5) is 28.0. The van der Waals surface area contributed by atoms with Crippen LogP contribution in [0, 0.1) is 20.8 Å². The smallest absolute Gasteiger partial charge is 0.242 e. The summed E-state index contributed by atoms with van der Waals surface area (Å²) >= 11 is 0. The largest absolute Gasteiger partial charge is 0.352 e. The highest BCUT2D eigenvalue weighted by atomic mass is 16.2. The van der Waals surface area contributed by atoms with Crippen molar-refractivity contribution in [3.63, 3.8) is 0 Å². The van der Waals surface area contributed by atoms with Crippen LogP contribution < -0.4 is 5.32 Å². The molecule has 0 radical (unpaired) electrons. The zero-order valence-electron chi connectivity index (χ0n) is 18.7. The van der Waals surface area contributed by atoms with Gasteiger partial charge in [-0.3, -0.25) is 9.59 Å². The van der Waals surface area contributed by atoms with E-state index >= 15 is 0 Å². The fourth-order valence-electron chi connectivity index (χ4n) is 4.43. The Morgan fingerprint density at radius 1 is 0.967 bits per heavy atom. The molecule has 0 saturated heterocycles. The van der Waals surface area contributed by atoms with Crippen molar-refractivity contribution in [3.05, 3.63) is 70.3 Å². The zero-order valence-corrected chi connectivity index (χ0v) is 18.7. The van der Waals surface area contributed by atoms with Crippen LogP contribution in [0.2, 0.25) is 0 Å².